The van der Waals surface area contributed by atoms with Crippen molar-refractivity contribution in [1.29, 1.82) is 0 Å². The number of rotatable bonds is 4. The predicted molar refractivity (Wildman–Crippen MR) is 76.0 cm³/mol. The standard InChI is InChI=1S/C16H20FNO3/c1-21-16(20)13-7-9-18(10-8-13)15(19)6-5-12-3-2-4-14(17)11-12/h2-4,11,13H,5-10H2,1H3. The molecule has 1 aromatic rings. The number of likely N-dealkylation sites (tertiary alicyclic amines) is 1. The molecule has 4 nitrogen and oxygen atoms in total. The van der Waals surface area contributed by atoms with Gasteiger partial charge in [0, 0.05) is 19.5 Å². The van der Waals surface area contributed by atoms with E-state index in [2.05, 4.69) is 0 Å². The van der Waals surface area contributed by atoms with Crippen LogP contribution in [0.3, 0.4) is 0 Å². The summed E-state index contributed by atoms with van der Waals surface area (Å²) in [5.74, 6) is -0.509. The van der Waals surface area contributed by atoms with Crippen molar-refractivity contribution >= 4 is 11.9 Å². The maximum atomic E-state index is 13.1. The summed E-state index contributed by atoms with van der Waals surface area (Å²) >= 11 is 0. The highest BCUT2D eigenvalue weighted by Crippen LogP contribution is 2.19. The predicted octanol–water partition coefficient (Wildman–Crippen LogP) is 2.17. The van der Waals surface area contributed by atoms with Gasteiger partial charge in [0.05, 0.1) is 13.0 Å². The summed E-state index contributed by atoms with van der Waals surface area (Å²) in [5.41, 5.74) is 0.827. The Morgan fingerprint density at radius 2 is 2.05 bits per heavy atom. The Labute approximate surface area is 123 Å². The van der Waals surface area contributed by atoms with Crippen molar-refractivity contribution in [3.05, 3.63) is 35.6 Å². The molecule has 1 heterocycles. The van der Waals surface area contributed by atoms with E-state index in [0.29, 0.717) is 38.8 Å². The average Bonchev–Trinajstić information content (AvgIpc) is 2.52. The monoisotopic (exact) mass is 293 g/mol. The number of ether oxygens (including phenoxy) is 1. The van der Waals surface area contributed by atoms with E-state index in [1.165, 1.54) is 19.2 Å². The number of hydrogen-bond acceptors (Lipinski definition) is 3. The Bertz CT molecular complexity index is 510. The lowest BCUT2D eigenvalue weighted by molar-refractivity contribution is -0.148. The molecule has 1 fully saturated rings. The van der Waals surface area contributed by atoms with Gasteiger partial charge in [0.25, 0.3) is 0 Å². The number of methoxy groups -OCH3 is 1. The Hall–Kier alpha value is -1.91. The van der Waals surface area contributed by atoms with Gasteiger partial charge >= 0.3 is 5.97 Å². The highest BCUT2D eigenvalue weighted by molar-refractivity contribution is 5.77. The van der Waals surface area contributed by atoms with Crippen molar-refractivity contribution in [2.24, 2.45) is 5.92 Å². The number of benzene rings is 1. The average molecular weight is 293 g/mol. The van der Waals surface area contributed by atoms with Crippen LogP contribution in [0.2, 0.25) is 0 Å². The van der Waals surface area contributed by atoms with Crippen molar-refractivity contribution in [1.82, 2.24) is 4.90 Å². The number of halogens is 1. The third kappa shape index (κ3) is 4.28. The number of aryl methyl sites for hydroxylation is 1. The summed E-state index contributed by atoms with van der Waals surface area (Å²) < 4.78 is 17.8. The van der Waals surface area contributed by atoms with Gasteiger partial charge in [-0.05, 0) is 37.0 Å². The maximum Gasteiger partial charge on any atom is 0.308 e. The largest absolute Gasteiger partial charge is 0.469 e. The van der Waals surface area contributed by atoms with Gasteiger partial charge in [0.15, 0.2) is 0 Å². The molecule has 1 aliphatic rings. The van der Waals surface area contributed by atoms with Crippen LogP contribution < -0.4 is 0 Å². The summed E-state index contributed by atoms with van der Waals surface area (Å²) in [4.78, 5) is 25.3. The molecular formula is C16H20FNO3. The van der Waals surface area contributed by atoms with Crippen LogP contribution in [0.4, 0.5) is 4.39 Å². The van der Waals surface area contributed by atoms with E-state index in [9.17, 15) is 14.0 Å². The van der Waals surface area contributed by atoms with Crippen LogP contribution in [0.1, 0.15) is 24.8 Å². The number of amides is 1. The van der Waals surface area contributed by atoms with Gasteiger partial charge in [0.2, 0.25) is 5.91 Å². The molecule has 0 radical (unpaired) electrons. The van der Waals surface area contributed by atoms with Gasteiger partial charge in [-0.25, -0.2) is 4.39 Å². The first-order valence-corrected chi connectivity index (χ1v) is 7.20. The lowest BCUT2D eigenvalue weighted by atomic mass is 9.96. The maximum absolute atomic E-state index is 13.1. The number of carbonyl (C=O) groups is 2. The number of carbonyl (C=O) groups excluding carboxylic acids is 2. The molecule has 0 aliphatic carbocycles. The number of esters is 1. The number of piperidine rings is 1. The van der Waals surface area contributed by atoms with E-state index < -0.39 is 0 Å². The van der Waals surface area contributed by atoms with Crippen LogP contribution in [0.5, 0.6) is 0 Å². The van der Waals surface area contributed by atoms with Crippen molar-refractivity contribution < 1.29 is 18.7 Å². The second-order valence-corrected chi connectivity index (χ2v) is 5.31. The topological polar surface area (TPSA) is 46.6 Å². The van der Waals surface area contributed by atoms with E-state index in [1.54, 1.807) is 11.0 Å². The molecule has 0 atom stereocenters. The molecular weight excluding hydrogens is 273 g/mol. The van der Waals surface area contributed by atoms with E-state index in [-0.39, 0.29) is 23.6 Å². The highest BCUT2D eigenvalue weighted by Gasteiger charge is 2.27. The molecule has 0 bridgehead atoms. The summed E-state index contributed by atoms with van der Waals surface area (Å²) in [7, 11) is 1.39. The van der Waals surface area contributed by atoms with Gasteiger partial charge < -0.3 is 9.64 Å². The molecule has 2 rings (SSSR count). The number of nitrogens with zero attached hydrogens (tertiary/aromatic N) is 1. The summed E-state index contributed by atoms with van der Waals surface area (Å²) in [6.07, 6.45) is 2.20. The van der Waals surface area contributed by atoms with Crippen LogP contribution in [0.15, 0.2) is 24.3 Å². The lowest BCUT2D eigenvalue weighted by Gasteiger charge is -2.30. The molecule has 0 spiro atoms. The molecule has 0 saturated carbocycles. The fraction of sp³-hybridized carbons (Fsp3) is 0.500. The Balaban J connectivity index is 1.78. The van der Waals surface area contributed by atoms with Crippen molar-refractivity contribution in [3.63, 3.8) is 0 Å². The minimum Gasteiger partial charge on any atom is -0.469 e. The summed E-state index contributed by atoms with van der Waals surface area (Å²) in [5, 5.41) is 0. The molecule has 21 heavy (non-hydrogen) atoms. The van der Waals surface area contributed by atoms with Gasteiger partial charge in [-0.3, -0.25) is 9.59 Å². The molecule has 5 heteroatoms. The minimum atomic E-state index is -0.279. The molecule has 1 aromatic carbocycles. The Morgan fingerprint density at radius 1 is 1.33 bits per heavy atom. The number of hydrogen-bond donors (Lipinski definition) is 0. The van der Waals surface area contributed by atoms with Crippen molar-refractivity contribution in [3.8, 4) is 0 Å². The van der Waals surface area contributed by atoms with Gasteiger partial charge in [0.1, 0.15) is 5.82 Å². The Morgan fingerprint density at radius 3 is 2.67 bits per heavy atom. The normalized spacial score (nSPS) is 15.8. The first kappa shape index (κ1) is 15.5. The molecule has 1 saturated heterocycles. The summed E-state index contributed by atoms with van der Waals surface area (Å²) in [6.45, 7) is 1.17. The van der Waals surface area contributed by atoms with E-state index in [4.69, 9.17) is 4.74 Å². The van der Waals surface area contributed by atoms with Gasteiger partial charge in [-0.15, -0.1) is 0 Å². The minimum absolute atomic E-state index is 0.0579. The zero-order valence-electron chi connectivity index (χ0n) is 12.2. The quantitative estimate of drug-likeness (QED) is 0.799. The van der Waals surface area contributed by atoms with Gasteiger partial charge in [-0.1, -0.05) is 12.1 Å². The second kappa shape index (κ2) is 7.20. The van der Waals surface area contributed by atoms with E-state index in [1.807, 2.05) is 6.07 Å². The van der Waals surface area contributed by atoms with Crippen LogP contribution in [0, 0.1) is 11.7 Å². The molecule has 0 unspecified atom stereocenters. The third-order valence-electron chi connectivity index (χ3n) is 3.90. The second-order valence-electron chi connectivity index (χ2n) is 5.31. The lowest BCUT2D eigenvalue weighted by Crippen LogP contribution is -2.40. The van der Waals surface area contributed by atoms with Gasteiger partial charge in [-0.2, -0.15) is 0 Å². The molecule has 1 aliphatic heterocycles. The molecule has 114 valence electrons. The van der Waals surface area contributed by atoms with Crippen LogP contribution >= 0.6 is 0 Å². The van der Waals surface area contributed by atoms with Crippen molar-refractivity contribution in [2.75, 3.05) is 20.2 Å². The summed E-state index contributed by atoms with van der Waals surface area (Å²) in [6, 6.07) is 6.32. The van der Waals surface area contributed by atoms with Crippen LogP contribution in [0.25, 0.3) is 0 Å². The smallest absolute Gasteiger partial charge is 0.308 e. The zero-order valence-corrected chi connectivity index (χ0v) is 12.2. The van der Waals surface area contributed by atoms with E-state index in [0.717, 1.165) is 5.56 Å². The first-order chi connectivity index (χ1) is 10.1. The molecule has 1 amide bonds. The van der Waals surface area contributed by atoms with Crippen LogP contribution in [-0.4, -0.2) is 37.0 Å². The first-order valence-electron chi connectivity index (χ1n) is 7.20. The fourth-order valence-electron chi connectivity index (χ4n) is 2.63. The highest BCUT2D eigenvalue weighted by atomic mass is 19.1. The molecule has 0 N–H and O–H groups in total. The third-order valence-corrected chi connectivity index (χ3v) is 3.90. The SMILES string of the molecule is COC(=O)C1CCN(C(=O)CCc2cccc(F)c2)CC1. The zero-order chi connectivity index (χ0) is 15.2. The van der Waals surface area contributed by atoms with Crippen molar-refractivity contribution in [2.45, 2.75) is 25.7 Å². The fourth-order valence-corrected chi connectivity index (χ4v) is 2.63. The van der Waals surface area contributed by atoms with Crippen LogP contribution in [-0.2, 0) is 20.7 Å². The Kier molecular flexibility index (Phi) is 5.31. The molecule has 0 aromatic heterocycles. The van der Waals surface area contributed by atoms with E-state index >= 15 is 0 Å².